The highest BCUT2D eigenvalue weighted by Gasteiger charge is 2.11. The Morgan fingerprint density at radius 2 is 2.11 bits per heavy atom. The monoisotopic (exact) mass is 272 g/mol. The molecule has 0 saturated heterocycles. The molecule has 3 rings (SSSR count). The van der Waals surface area contributed by atoms with E-state index in [2.05, 4.69) is 14.3 Å². The van der Waals surface area contributed by atoms with Crippen molar-refractivity contribution in [3.63, 3.8) is 0 Å². The molecule has 6 heteroatoms. The van der Waals surface area contributed by atoms with Crippen LogP contribution in [0.15, 0.2) is 30.3 Å². The van der Waals surface area contributed by atoms with Crippen LogP contribution in [-0.2, 0) is 0 Å². The number of pyridine rings is 1. The van der Waals surface area contributed by atoms with Crippen molar-refractivity contribution in [3.05, 3.63) is 30.3 Å². The average Bonchev–Trinajstić information content (AvgIpc) is 2.86. The van der Waals surface area contributed by atoms with Crippen LogP contribution in [0.3, 0.4) is 0 Å². The Balaban J connectivity index is 2.21. The first-order valence-electron chi connectivity index (χ1n) is 5.90. The highest BCUT2D eigenvalue weighted by molar-refractivity contribution is 7.09. The fraction of sp³-hybridized carbons (Fsp3) is 0.154. The van der Waals surface area contributed by atoms with Gasteiger partial charge in [-0.1, -0.05) is 18.2 Å². The van der Waals surface area contributed by atoms with Gasteiger partial charge in [-0.3, -0.25) is 0 Å². The summed E-state index contributed by atoms with van der Waals surface area (Å²) >= 11 is 1.16. The second-order valence-electron chi connectivity index (χ2n) is 3.92. The smallest absolute Gasteiger partial charge is 0.222 e. The molecule has 0 unspecified atom stereocenters. The lowest BCUT2D eigenvalue weighted by Gasteiger charge is -2.07. The maximum atomic E-state index is 5.61. The number of nitrogen functional groups attached to an aromatic ring is 1. The molecular weight excluding hydrogens is 260 g/mol. The third-order valence-corrected chi connectivity index (χ3v) is 3.20. The van der Waals surface area contributed by atoms with Crippen LogP contribution in [0.1, 0.15) is 6.92 Å². The minimum absolute atomic E-state index is 0.433. The summed E-state index contributed by atoms with van der Waals surface area (Å²) in [6.07, 6.45) is 0. The van der Waals surface area contributed by atoms with Crippen molar-refractivity contribution in [3.8, 4) is 17.4 Å². The fourth-order valence-corrected chi connectivity index (χ4v) is 2.31. The highest BCUT2D eigenvalue weighted by Crippen LogP contribution is 2.28. The molecule has 5 nitrogen and oxygen atoms in total. The molecular formula is C13H12N4OS. The number of fused-ring (bicyclic) bond motifs is 1. The van der Waals surface area contributed by atoms with Gasteiger partial charge in [-0.05, 0) is 24.4 Å². The molecule has 2 aromatic heterocycles. The first kappa shape index (κ1) is 11.9. The summed E-state index contributed by atoms with van der Waals surface area (Å²) in [6.45, 7) is 2.50. The van der Waals surface area contributed by atoms with Gasteiger partial charge in [-0.2, -0.15) is 9.36 Å². The Morgan fingerprint density at radius 3 is 2.84 bits per heavy atom. The number of ether oxygens (including phenoxy) is 1. The molecule has 3 aromatic rings. The lowest BCUT2D eigenvalue weighted by molar-refractivity contribution is 0.331. The Bertz CT molecular complexity index is 725. The van der Waals surface area contributed by atoms with Crippen molar-refractivity contribution in [2.45, 2.75) is 6.92 Å². The summed E-state index contributed by atoms with van der Waals surface area (Å²) < 4.78 is 9.78. The highest BCUT2D eigenvalue weighted by atomic mass is 32.1. The summed E-state index contributed by atoms with van der Waals surface area (Å²) in [7, 11) is 0. The number of aromatic nitrogens is 3. The molecule has 0 saturated carbocycles. The number of nitrogens with two attached hydrogens (primary N) is 1. The minimum atomic E-state index is 0.433. The zero-order valence-corrected chi connectivity index (χ0v) is 11.1. The Kier molecular flexibility index (Phi) is 3.00. The summed E-state index contributed by atoms with van der Waals surface area (Å²) in [6, 6.07) is 9.88. The van der Waals surface area contributed by atoms with E-state index in [1.54, 1.807) is 0 Å². The predicted molar refractivity (Wildman–Crippen MR) is 76.2 cm³/mol. The Morgan fingerprint density at radius 1 is 1.26 bits per heavy atom. The fourth-order valence-electron chi connectivity index (χ4n) is 1.87. The van der Waals surface area contributed by atoms with Gasteiger partial charge in [0.1, 0.15) is 5.69 Å². The van der Waals surface area contributed by atoms with E-state index in [1.807, 2.05) is 37.3 Å². The quantitative estimate of drug-likeness (QED) is 0.793. The van der Waals surface area contributed by atoms with Crippen LogP contribution in [0.25, 0.3) is 22.3 Å². The summed E-state index contributed by atoms with van der Waals surface area (Å²) in [4.78, 5) is 8.63. The van der Waals surface area contributed by atoms with E-state index in [4.69, 9.17) is 10.5 Å². The van der Waals surface area contributed by atoms with Crippen LogP contribution < -0.4 is 10.5 Å². The molecule has 96 valence electrons. The lowest BCUT2D eigenvalue weighted by atomic mass is 10.1. The number of benzene rings is 1. The van der Waals surface area contributed by atoms with Crippen LogP contribution >= 0.6 is 11.5 Å². The van der Waals surface area contributed by atoms with E-state index in [0.29, 0.717) is 29.1 Å². The van der Waals surface area contributed by atoms with Gasteiger partial charge in [0.2, 0.25) is 5.88 Å². The van der Waals surface area contributed by atoms with Gasteiger partial charge in [0.15, 0.2) is 11.0 Å². The predicted octanol–water partition coefficient (Wildman–Crippen LogP) is 2.73. The van der Waals surface area contributed by atoms with Gasteiger partial charge in [0, 0.05) is 16.9 Å². The van der Waals surface area contributed by atoms with Crippen molar-refractivity contribution < 1.29 is 4.74 Å². The number of hydrogen-bond donors (Lipinski definition) is 1. The molecule has 0 atom stereocenters. The SMILES string of the molecule is CCOc1nc(-c2nsc(N)n2)cc2ccccc12. The van der Waals surface area contributed by atoms with E-state index in [0.717, 1.165) is 22.3 Å². The van der Waals surface area contributed by atoms with Gasteiger partial charge in [0.05, 0.1) is 6.61 Å². The van der Waals surface area contributed by atoms with Gasteiger partial charge < -0.3 is 10.5 Å². The van der Waals surface area contributed by atoms with Crippen molar-refractivity contribution in [1.29, 1.82) is 0 Å². The van der Waals surface area contributed by atoms with Crippen LogP contribution in [0, 0.1) is 0 Å². The van der Waals surface area contributed by atoms with Gasteiger partial charge in [-0.15, -0.1) is 0 Å². The Labute approximate surface area is 114 Å². The third kappa shape index (κ3) is 2.22. The van der Waals surface area contributed by atoms with E-state index in [9.17, 15) is 0 Å². The third-order valence-electron chi connectivity index (χ3n) is 2.66. The van der Waals surface area contributed by atoms with Crippen molar-refractivity contribution in [1.82, 2.24) is 14.3 Å². The normalized spacial score (nSPS) is 10.8. The molecule has 0 aliphatic heterocycles. The van der Waals surface area contributed by atoms with Crippen molar-refractivity contribution in [2.24, 2.45) is 0 Å². The van der Waals surface area contributed by atoms with Crippen LogP contribution in [-0.4, -0.2) is 20.9 Å². The first-order chi connectivity index (χ1) is 9.28. The summed E-state index contributed by atoms with van der Waals surface area (Å²) in [5.74, 6) is 1.14. The van der Waals surface area contributed by atoms with Gasteiger partial charge >= 0.3 is 0 Å². The number of rotatable bonds is 3. The Hall–Kier alpha value is -2.21. The van der Waals surface area contributed by atoms with E-state index < -0.39 is 0 Å². The maximum absolute atomic E-state index is 5.61. The average molecular weight is 272 g/mol. The van der Waals surface area contributed by atoms with Crippen LogP contribution in [0.2, 0.25) is 0 Å². The second-order valence-corrected chi connectivity index (χ2v) is 4.71. The van der Waals surface area contributed by atoms with Crippen molar-refractivity contribution >= 4 is 27.4 Å². The number of hydrogen-bond acceptors (Lipinski definition) is 6. The van der Waals surface area contributed by atoms with Crippen molar-refractivity contribution in [2.75, 3.05) is 12.3 Å². The molecule has 0 bridgehead atoms. The molecule has 0 amide bonds. The molecule has 0 aliphatic carbocycles. The van der Waals surface area contributed by atoms with Crippen LogP contribution in [0.4, 0.5) is 5.13 Å². The maximum Gasteiger partial charge on any atom is 0.222 e. The molecule has 0 spiro atoms. The summed E-state index contributed by atoms with van der Waals surface area (Å²) in [5, 5.41) is 2.46. The largest absolute Gasteiger partial charge is 0.478 e. The number of anilines is 1. The first-order valence-corrected chi connectivity index (χ1v) is 6.67. The number of nitrogens with zero attached hydrogens (tertiary/aromatic N) is 3. The molecule has 1 aromatic carbocycles. The van der Waals surface area contributed by atoms with Gasteiger partial charge in [0.25, 0.3) is 0 Å². The topological polar surface area (TPSA) is 73.9 Å². The standard InChI is InChI=1S/C13H12N4OS/c1-2-18-12-9-6-4-3-5-8(9)7-10(15-12)11-16-13(14)19-17-11/h3-7H,2H2,1H3,(H2,14,16,17). The molecule has 0 radical (unpaired) electrons. The molecule has 0 fully saturated rings. The molecule has 19 heavy (non-hydrogen) atoms. The second kappa shape index (κ2) is 4.81. The zero-order chi connectivity index (χ0) is 13.2. The summed E-state index contributed by atoms with van der Waals surface area (Å²) in [5.41, 5.74) is 6.29. The minimum Gasteiger partial charge on any atom is -0.478 e. The van der Waals surface area contributed by atoms with Crippen LogP contribution in [0.5, 0.6) is 5.88 Å². The van der Waals surface area contributed by atoms with E-state index in [1.165, 1.54) is 0 Å². The lowest BCUT2D eigenvalue weighted by Crippen LogP contribution is -1.97. The molecule has 2 N–H and O–H groups in total. The van der Waals surface area contributed by atoms with Gasteiger partial charge in [-0.25, -0.2) is 4.98 Å². The molecule has 0 aliphatic rings. The zero-order valence-electron chi connectivity index (χ0n) is 10.3. The van der Waals surface area contributed by atoms with E-state index >= 15 is 0 Å². The molecule has 2 heterocycles. The van der Waals surface area contributed by atoms with E-state index in [-0.39, 0.29) is 0 Å².